The highest BCUT2D eigenvalue weighted by Crippen LogP contribution is 2.16. The number of ether oxygens (including phenoxy) is 1. The molecular formula is C10H21N3O2. The van der Waals surface area contributed by atoms with Crippen LogP contribution in [0.5, 0.6) is 0 Å². The van der Waals surface area contributed by atoms with Crippen molar-refractivity contribution in [3.63, 3.8) is 0 Å². The summed E-state index contributed by atoms with van der Waals surface area (Å²) in [5.74, 6) is 0.294. The topological polar surface area (TPSA) is 71.1 Å². The monoisotopic (exact) mass is 215 g/mol. The van der Waals surface area contributed by atoms with Crippen molar-refractivity contribution in [3.05, 3.63) is 0 Å². The highest BCUT2D eigenvalue weighted by Gasteiger charge is 2.23. The van der Waals surface area contributed by atoms with Gasteiger partial charge in [-0.05, 0) is 26.3 Å². The standard InChI is InChI=1S/C10H21N3O2/c1-8(6-10(11)12-14)13-5-3-4-9(7-13)15-2/h8-9,14H,3-7H2,1-2H3,(H2,11,12). The van der Waals surface area contributed by atoms with E-state index in [1.54, 1.807) is 7.11 Å². The molecule has 0 saturated carbocycles. The molecule has 1 aliphatic rings. The Labute approximate surface area is 90.9 Å². The number of nitrogens with two attached hydrogens (primary N) is 1. The van der Waals surface area contributed by atoms with Crippen LogP contribution < -0.4 is 5.73 Å². The summed E-state index contributed by atoms with van der Waals surface area (Å²) in [7, 11) is 1.75. The predicted molar refractivity (Wildman–Crippen MR) is 59.1 cm³/mol. The smallest absolute Gasteiger partial charge is 0.140 e. The lowest BCUT2D eigenvalue weighted by atomic mass is 10.0. The molecule has 15 heavy (non-hydrogen) atoms. The van der Waals surface area contributed by atoms with E-state index >= 15 is 0 Å². The van der Waals surface area contributed by atoms with Crippen molar-refractivity contribution in [2.24, 2.45) is 10.9 Å². The number of methoxy groups -OCH3 is 1. The number of piperidine rings is 1. The maximum Gasteiger partial charge on any atom is 0.140 e. The predicted octanol–water partition coefficient (Wildman–Crippen LogP) is 0.622. The Morgan fingerprint density at radius 1 is 1.73 bits per heavy atom. The van der Waals surface area contributed by atoms with Crippen LogP contribution in [0.4, 0.5) is 0 Å². The second kappa shape index (κ2) is 5.92. The third-order valence-corrected chi connectivity index (χ3v) is 3.00. The summed E-state index contributed by atoms with van der Waals surface area (Å²) in [6.45, 7) is 4.10. The van der Waals surface area contributed by atoms with Gasteiger partial charge >= 0.3 is 0 Å². The number of likely N-dealkylation sites (tertiary alicyclic amines) is 1. The van der Waals surface area contributed by atoms with Gasteiger partial charge in [0.05, 0.1) is 6.10 Å². The number of rotatable bonds is 4. The zero-order chi connectivity index (χ0) is 11.3. The molecule has 1 aliphatic heterocycles. The first kappa shape index (κ1) is 12.3. The first-order valence-corrected chi connectivity index (χ1v) is 5.40. The molecular weight excluding hydrogens is 194 g/mol. The van der Waals surface area contributed by atoms with E-state index in [-0.39, 0.29) is 0 Å². The van der Waals surface area contributed by atoms with Crippen LogP contribution in [-0.4, -0.2) is 48.3 Å². The largest absolute Gasteiger partial charge is 0.409 e. The molecule has 1 saturated heterocycles. The number of hydrogen-bond donors (Lipinski definition) is 2. The van der Waals surface area contributed by atoms with Crippen molar-refractivity contribution < 1.29 is 9.94 Å². The van der Waals surface area contributed by atoms with Crippen molar-refractivity contribution in [3.8, 4) is 0 Å². The van der Waals surface area contributed by atoms with E-state index in [9.17, 15) is 0 Å². The second-order valence-electron chi connectivity index (χ2n) is 4.14. The first-order chi connectivity index (χ1) is 7.17. The van der Waals surface area contributed by atoms with Crippen molar-refractivity contribution in [2.45, 2.75) is 38.3 Å². The van der Waals surface area contributed by atoms with Gasteiger partial charge in [0, 0.05) is 26.1 Å². The zero-order valence-electron chi connectivity index (χ0n) is 9.52. The quantitative estimate of drug-likeness (QED) is 0.312. The summed E-state index contributed by atoms with van der Waals surface area (Å²) in [6.07, 6.45) is 3.21. The van der Waals surface area contributed by atoms with Gasteiger partial charge < -0.3 is 15.7 Å². The summed E-state index contributed by atoms with van der Waals surface area (Å²) < 4.78 is 5.35. The summed E-state index contributed by atoms with van der Waals surface area (Å²) >= 11 is 0. The molecule has 1 fully saturated rings. The van der Waals surface area contributed by atoms with Crippen LogP contribution in [0.1, 0.15) is 26.2 Å². The Hall–Kier alpha value is -0.810. The fourth-order valence-corrected chi connectivity index (χ4v) is 2.03. The highest BCUT2D eigenvalue weighted by molar-refractivity contribution is 5.80. The van der Waals surface area contributed by atoms with Crippen LogP contribution in [0.15, 0.2) is 5.16 Å². The highest BCUT2D eigenvalue weighted by atomic mass is 16.5. The maximum absolute atomic E-state index is 8.50. The van der Waals surface area contributed by atoms with Gasteiger partial charge in [-0.3, -0.25) is 4.90 Å². The summed E-state index contributed by atoms with van der Waals surface area (Å²) in [4.78, 5) is 2.33. The molecule has 1 heterocycles. The Morgan fingerprint density at radius 3 is 3.07 bits per heavy atom. The Morgan fingerprint density at radius 2 is 2.47 bits per heavy atom. The van der Waals surface area contributed by atoms with Crippen LogP contribution in [0, 0.1) is 0 Å². The van der Waals surface area contributed by atoms with E-state index in [0.29, 0.717) is 24.4 Å². The molecule has 0 amide bonds. The van der Waals surface area contributed by atoms with E-state index in [1.807, 2.05) is 0 Å². The molecule has 88 valence electrons. The van der Waals surface area contributed by atoms with Crippen LogP contribution in [0.25, 0.3) is 0 Å². The minimum atomic E-state index is 0.294. The van der Waals surface area contributed by atoms with Crippen LogP contribution in [-0.2, 0) is 4.74 Å². The summed E-state index contributed by atoms with van der Waals surface area (Å²) in [6, 6.07) is 0.304. The first-order valence-electron chi connectivity index (χ1n) is 5.40. The minimum Gasteiger partial charge on any atom is -0.409 e. The third kappa shape index (κ3) is 3.68. The Kier molecular flexibility index (Phi) is 4.84. The molecule has 5 heteroatoms. The van der Waals surface area contributed by atoms with Gasteiger partial charge in [-0.15, -0.1) is 0 Å². The average molecular weight is 215 g/mol. The molecule has 0 radical (unpaired) electrons. The van der Waals surface area contributed by atoms with Gasteiger partial charge in [-0.1, -0.05) is 5.16 Å². The summed E-state index contributed by atoms with van der Waals surface area (Å²) in [5, 5.41) is 11.5. The molecule has 0 bridgehead atoms. The SMILES string of the molecule is COC1CCCN(C(C)CC(N)=NO)C1. The van der Waals surface area contributed by atoms with Gasteiger partial charge in [0.25, 0.3) is 0 Å². The van der Waals surface area contributed by atoms with E-state index in [0.717, 1.165) is 25.9 Å². The third-order valence-electron chi connectivity index (χ3n) is 3.00. The van der Waals surface area contributed by atoms with Crippen LogP contribution >= 0.6 is 0 Å². The van der Waals surface area contributed by atoms with E-state index in [1.165, 1.54) is 0 Å². The normalized spacial score (nSPS) is 26.5. The lowest BCUT2D eigenvalue weighted by Crippen LogP contribution is -2.45. The molecule has 2 unspecified atom stereocenters. The van der Waals surface area contributed by atoms with Gasteiger partial charge in [-0.2, -0.15) is 0 Å². The van der Waals surface area contributed by atoms with Gasteiger partial charge in [0.15, 0.2) is 0 Å². The van der Waals surface area contributed by atoms with Crippen molar-refractivity contribution in [2.75, 3.05) is 20.2 Å². The summed E-state index contributed by atoms with van der Waals surface area (Å²) in [5.41, 5.74) is 5.49. The Balaban J connectivity index is 2.41. The number of hydrogen-bond acceptors (Lipinski definition) is 4. The number of oxime groups is 1. The van der Waals surface area contributed by atoms with E-state index < -0.39 is 0 Å². The van der Waals surface area contributed by atoms with E-state index in [4.69, 9.17) is 15.7 Å². The minimum absolute atomic E-state index is 0.294. The average Bonchev–Trinajstić information content (AvgIpc) is 2.28. The van der Waals surface area contributed by atoms with Crippen LogP contribution in [0.3, 0.4) is 0 Å². The van der Waals surface area contributed by atoms with Crippen LogP contribution in [0.2, 0.25) is 0 Å². The fraction of sp³-hybridized carbons (Fsp3) is 0.900. The van der Waals surface area contributed by atoms with Crippen molar-refractivity contribution in [1.82, 2.24) is 4.90 Å². The molecule has 3 N–H and O–H groups in total. The fourth-order valence-electron chi connectivity index (χ4n) is 2.03. The molecule has 1 rings (SSSR count). The number of amidine groups is 1. The number of nitrogens with zero attached hydrogens (tertiary/aromatic N) is 2. The van der Waals surface area contributed by atoms with Gasteiger partial charge in [0.2, 0.25) is 0 Å². The van der Waals surface area contributed by atoms with E-state index in [2.05, 4.69) is 17.0 Å². The molecule has 0 aromatic carbocycles. The lowest BCUT2D eigenvalue weighted by Gasteiger charge is -2.35. The molecule has 0 aliphatic carbocycles. The molecule has 2 atom stereocenters. The van der Waals surface area contributed by atoms with Gasteiger partial charge in [0.1, 0.15) is 5.84 Å². The Bertz CT molecular complexity index is 221. The maximum atomic E-state index is 8.50. The molecule has 0 spiro atoms. The van der Waals surface area contributed by atoms with Crippen molar-refractivity contribution >= 4 is 5.84 Å². The zero-order valence-corrected chi connectivity index (χ0v) is 9.52. The van der Waals surface area contributed by atoms with Crippen molar-refractivity contribution in [1.29, 1.82) is 0 Å². The lowest BCUT2D eigenvalue weighted by molar-refractivity contribution is 0.0184. The molecule has 5 nitrogen and oxygen atoms in total. The second-order valence-corrected chi connectivity index (χ2v) is 4.14. The molecule has 0 aromatic rings. The van der Waals surface area contributed by atoms with Gasteiger partial charge in [-0.25, -0.2) is 0 Å². The molecule has 0 aromatic heterocycles.